The van der Waals surface area contributed by atoms with Crippen LogP contribution >= 0.6 is 23.2 Å². The number of carboxylic acid groups (broad SMARTS) is 1. The lowest BCUT2D eigenvalue weighted by atomic mass is 9.87. The summed E-state index contributed by atoms with van der Waals surface area (Å²) in [5, 5.41) is 10.2. The second-order valence-electron chi connectivity index (χ2n) is 4.60. The molecule has 0 atom stereocenters. The van der Waals surface area contributed by atoms with E-state index in [-0.39, 0.29) is 12.3 Å². The zero-order valence-corrected chi connectivity index (χ0v) is 12.2. The van der Waals surface area contributed by atoms with Gasteiger partial charge in [0.25, 0.3) is 0 Å². The fourth-order valence-corrected chi connectivity index (χ4v) is 2.64. The van der Waals surface area contributed by atoms with Crippen LogP contribution < -0.4 is 0 Å². The van der Waals surface area contributed by atoms with E-state index in [1.807, 2.05) is 36.4 Å². The van der Waals surface area contributed by atoms with Gasteiger partial charge in [-0.1, -0.05) is 47.5 Å². The van der Waals surface area contributed by atoms with E-state index in [1.165, 1.54) is 0 Å². The number of carbonyl (C=O) groups is 1. The molecule has 0 heterocycles. The Morgan fingerprint density at radius 3 is 1.90 bits per heavy atom. The van der Waals surface area contributed by atoms with Crippen molar-refractivity contribution in [2.24, 2.45) is 0 Å². The van der Waals surface area contributed by atoms with Crippen molar-refractivity contribution in [3.63, 3.8) is 0 Å². The van der Waals surface area contributed by atoms with Crippen molar-refractivity contribution in [1.29, 1.82) is 0 Å². The second kappa shape index (κ2) is 6.78. The standard InChI is InChI=1S/C16H14Cl2O2/c17-13-5-1-3-11(9-13)15(7-8-16(19)20)12-4-2-6-14(18)10-12/h1-6,9-10,15H,7-8H2,(H,19,20). The predicted octanol–water partition coefficient (Wildman–Crippen LogP) is 4.99. The summed E-state index contributed by atoms with van der Waals surface area (Å²) in [4.78, 5) is 10.8. The lowest BCUT2D eigenvalue weighted by Crippen LogP contribution is -2.05. The molecule has 0 saturated carbocycles. The minimum atomic E-state index is -0.806. The largest absolute Gasteiger partial charge is 0.481 e. The monoisotopic (exact) mass is 308 g/mol. The quantitative estimate of drug-likeness (QED) is 0.845. The molecular formula is C16H14Cl2O2. The average Bonchev–Trinajstić information content (AvgIpc) is 2.39. The minimum Gasteiger partial charge on any atom is -0.481 e. The van der Waals surface area contributed by atoms with Crippen molar-refractivity contribution in [3.05, 3.63) is 69.7 Å². The van der Waals surface area contributed by atoms with Gasteiger partial charge in [-0.05, 0) is 41.8 Å². The van der Waals surface area contributed by atoms with E-state index in [4.69, 9.17) is 28.3 Å². The van der Waals surface area contributed by atoms with Gasteiger partial charge in [-0.2, -0.15) is 0 Å². The summed E-state index contributed by atoms with van der Waals surface area (Å²) in [6.45, 7) is 0. The molecule has 20 heavy (non-hydrogen) atoms. The number of hydrogen-bond donors (Lipinski definition) is 1. The van der Waals surface area contributed by atoms with Gasteiger partial charge < -0.3 is 5.11 Å². The smallest absolute Gasteiger partial charge is 0.303 e. The van der Waals surface area contributed by atoms with E-state index >= 15 is 0 Å². The molecule has 0 radical (unpaired) electrons. The van der Waals surface area contributed by atoms with Crippen molar-refractivity contribution < 1.29 is 9.90 Å². The van der Waals surface area contributed by atoms with Gasteiger partial charge in [0, 0.05) is 22.4 Å². The fourth-order valence-electron chi connectivity index (χ4n) is 2.24. The van der Waals surface area contributed by atoms with Crippen molar-refractivity contribution in [1.82, 2.24) is 0 Å². The normalized spacial score (nSPS) is 10.8. The predicted molar refractivity (Wildman–Crippen MR) is 81.6 cm³/mol. The Hall–Kier alpha value is -1.51. The maximum atomic E-state index is 10.8. The lowest BCUT2D eigenvalue weighted by molar-refractivity contribution is -0.137. The zero-order chi connectivity index (χ0) is 14.5. The van der Waals surface area contributed by atoms with Crippen molar-refractivity contribution in [2.75, 3.05) is 0 Å². The number of carboxylic acids is 1. The highest BCUT2D eigenvalue weighted by molar-refractivity contribution is 6.31. The molecule has 0 aliphatic carbocycles. The summed E-state index contributed by atoms with van der Waals surface area (Å²) in [5.41, 5.74) is 2.00. The van der Waals surface area contributed by atoms with E-state index < -0.39 is 5.97 Å². The SMILES string of the molecule is O=C(O)CCC(c1cccc(Cl)c1)c1cccc(Cl)c1. The van der Waals surface area contributed by atoms with Crippen LogP contribution in [0.5, 0.6) is 0 Å². The molecule has 0 aromatic heterocycles. The fraction of sp³-hybridized carbons (Fsp3) is 0.188. The third-order valence-electron chi connectivity index (χ3n) is 3.15. The van der Waals surface area contributed by atoms with Gasteiger partial charge >= 0.3 is 5.97 Å². The molecule has 0 aliphatic heterocycles. The van der Waals surface area contributed by atoms with Gasteiger partial charge in [-0.25, -0.2) is 0 Å². The van der Waals surface area contributed by atoms with Gasteiger partial charge in [-0.3, -0.25) is 4.79 Å². The average molecular weight is 309 g/mol. The summed E-state index contributed by atoms with van der Waals surface area (Å²) < 4.78 is 0. The van der Waals surface area contributed by atoms with Crippen LogP contribution in [0.3, 0.4) is 0 Å². The summed E-state index contributed by atoms with van der Waals surface area (Å²) >= 11 is 12.1. The maximum absolute atomic E-state index is 10.8. The molecule has 104 valence electrons. The lowest BCUT2D eigenvalue weighted by Gasteiger charge is -2.17. The Morgan fingerprint density at radius 1 is 1.00 bits per heavy atom. The third-order valence-corrected chi connectivity index (χ3v) is 3.62. The highest BCUT2D eigenvalue weighted by atomic mass is 35.5. The van der Waals surface area contributed by atoms with Crippen LogP contribution in [0.25, 0.3) is 0 Å². The Labute approximate surface area is 128 Å². The van der Waals surface area contributed by atoms with Crippen molar-refractivity contribution in [3.8, 4) is 0 Å². The molecule has 1 N–H and O–H groups in total. The summed E-state index contributed by atoms with van der Waals surface area (Å²) in [6, 6.07) is 15.0. The molecule has 2 aromatic carbocycles. The molecule has 0 aliphatic rings. The molecule has 0 bridgehead atoms. The van der Waals surface area contributed by atoms with Gasteiger partial charge in [0.05, 0.1) is 0 Å². The summed E-state index contributed by atoms with van der Waals surface area (Å²) in [7, 11) is 0. The number of hydrogen-bond acceptors (Lipinski definition) is 1. The third kappa shape index (κ3) is 3.99. The Kier molecular flexibility index (Phi) is 5.05. The minimum absolute atomic E-state index is 0.0245. The van der Waals surface area contributed by atoms with Crippen LogP contribution in [0.15, 0.2) is 48.5 Å². The molecule has 2 nitrogen and oxygen atoms in total. The molecular weight excluding hydrogens is 295 g/mol. The molecule has 2 rings (SSSR count). The molecule has 0 saturated heterocycles. The molecule has 4 heteroatoms. The van der Waals surface area contributed by atoms with Gasteiger partial charge in [0.1, 0.15) is 0 Å². The second-order valence-corrected chi connectivity index (χ2v) is 5.47. The number of benzene rings is 2. The summed E-state index contributed by atoms with van der Waals surface area (Å²) in [6.07, 6.45) is 0.611. The highest BCUT2D eigenvalue weighted by Gasteiger charge is 2.16. The number of halogens is 2. The molecule has 2 aromatic rings. The van der Waals surface area contributed by atoms with E-state index in [0.717, 1.165) is 11.1 Å². The van der Waals surface area contributed by atoms with Gasteiger partial charge in [-0.15, -0.1) is 0 Å². The maximum Gasteiger partial charge on any atom is 0.303 e. The molecule has 0 spiro atoms. The van der Waals surface area contributed by atoms with E-state index in [1.54, 1.807) is 12.1 Å². The number of aliphatic carboxylic acids is 1. The highest BCUT2D eigenvalue weighted by Crippen LogP contribution is 2.31. The number of rotatable bonds is 5. The van der Waals surface area contributed by atoms with Crippen LogP contribution in [0.4, 0.5) is 0 Å². The Bertz CT molecular complexity index is 565. The first-order valence-corrected chi connectivity index (χ1v) is 7.04. The van der Waals surface area contributed by atoms with E-state index in [9.17, 15) is 4.79 Å². The Morgan fingerprint density at radius 2 is 1.50 bits per heavy atom. The first kappa shape index (κ1) is 14.9. The van der Waals surface area contributed by atoms with Crippen LogP contribution in [-0.2, 0) is 4.79 Å². The van der Waals surface area contributed by atoms with E-state index in [0.29, 0.717) is 16.5 Å². The van der Waals surface area contributed by atoms with Crippen LogP contribution in [0.2, 0.25) is 10.0 Å². The van der Waals surface area contributed by atoms with Crippen LogP contribution in [0.1, 0.15) is 29.9 Å². The van der Waals surface area contributed by atoms with Gasteiger partial charge in [0.15, 0.2) is 0 Å². The molecule has 0 fully saturated rings. The Balaban J connectivity index is 2.36. The molecule has 0 amide bonds. The zero-order valence-electron chi connectivity index (χ0n) is 10.7. The van der Waals surface area contributed by atoms with Crippen molar-refractivity contribution in [2.45, 2.75) is 18.8 Å². The summed E-state index contributed by atoms with van der Waals surface area (Å²) in [5.74, 6) is -0.831. The van der Waals surface area contributed by atoms with Crippen LogP contribution in [-0.4, -0.2) is 11.1 Å². The topological polar surface area (TPSA) is 37.3 Å². The van der Waals surface area contributed by atoms with Crippen molar-refractivity contribution >= 4 is 29.2 Å². The van der Waals surface area contributed by atoms with Gasteiger partial charge in [0.2, 0.25) is 0 Å². The first-order chi connectivity index (χ1) is 9.56. The molecule has 0 unspecified atom stereocenters. The van der Waals surface area contributed by atoms with Crippen LogP contribution in [0, 0.1) is 0 Å². The van der Waals surface area contributed by atoms with E-state index in [2.05, 4.69) is 0 Å². The first-order valence-electron chi connectivity index (χ1n) is 6.29.